The third kappa shape index (κ3) is 1.11. The van der Waals surface area contributed by atoms with Crippen molar-refractivity contribution in [3.05, 3.63) is 0 Å². The van der Waals surface area contributed by atoms with Gasteiger partial charge in [0.2, 0.25) is 6.41 Å². The standard InChI is InChI=1S/C8H15N3O/c9-8-7(10-5-12)6-1-3-11(8)4-2-6/h5-8H,1-4,9H2,(H,10,12)/t7?,8-/m0/s1. The van der Waals surface area contributed by atoms with Gasteiger partial charge in [0.05, 0.1) is 12.2 Å². The monoisotopic (exact) mass is 169 g/mol. The first-order chi connectivity index (χ1) is 5.83. The van der Waals surface area contributed by atoms with E-state index in [9.17, 15) is 4.79 Å². The van der Waals surface area contributed by atoms with Crippen LogP contribution >= 0.6 is 0 Å². The summed E-state index contributed by atoms with van der Waals surface area (Å²) in [5.74, 6) is 0.607. The Labute approximate surface area is 72.1 Å². The molecule has 0 aromatic carbocycles. The van der Waals surface area contributed by atoms with Gasteiger partial charge in [0, 0.05) is 13.1 Å². The van der Waals surface area contributed by atoms with Crippen molar-refractivity contribution in [3.8, 4) is 0 Å². The number of nitrogens with one attached hydrogen (secondary N) is 1. The third-order valence-corrected chi connectivity index (χ3v) is 3.13. The maximum absolute atomic E-state index is 10.3. The van der Waals surface area contributed by atoms with Crippen molar-refractivity contribution < 1.29 is 4.79 Å². The van der Waals surface area contributed by atoms with Crippen molar-refractivity contribution >= 4 is 6.41 Å². The Balaban J connectivity index is 2.07. The summed E-state index contributed by atoms with van der Waals surface area (Å²) < 4.78 is 0. The summed E-state index contributed by atoms with van der Waals surface area (Å²) in [4.78, 5) is 12.6. The Morgan fingerprint density at radius 1 is 1.42 bits per heavy atom. The van der Waals surface area contributed by atoms with Crippen molar-refractivity contribution in [2.24, 2.45) is 11.7 Å². The van der Waals surface area contributed by atoms with E-state index < -0.39 is 0 Å². The van der Waals surface area contributed by atoms with Crippen LogP contribution in [0.2, 0.25) is 0 Å². The second kappa shape index (κ2) is 3.03. The highest BCUT2D eigenvalue weighted by molar-refractivity contribution is 5.47. The molecule has 0 aromatic rings. The minimum atomic E-state index is 0.0442. The van der Waals surface area contributed by atoms with Crippen molar-refractivity contribution in [1.29, 1.82) is 0 Å². The number of carbonyl (C=O) groups is 1. The summed E-state index contributed by atoms with van der Waals surface area (Å²) in [7, 11) is 0. The van der Waals surface area contributed by atoms with Crippen LogP contribution in [0.25, 0.3) is 0 Å². The Morgan fingerprint density at radius 3 is 2.58 bits per heavy atom. The third-order valence-electron chi connectivity index (χ3n) is 3.13. The molecule has 3 N–H and O–H groups in total. The quantitative estimate of drug-likeness (QED) is 0.527. The fourth-order valence-electron chi connectivity index (χ4n) is 2.40. The fourth-order valence-corrected chi connectivity index (χ4v) is 2.40. The minimum Gasteiger partial charge on any atom is -0.353 e. The molecule has 4 nitrogen and oxygen atoms in total. The molecule has 3 aliphatic rings. The van der Waals surface area contributed by atoms with Crippen molar-refractivity contribution in [3.63, 3.8) is 0 Å². The molecule has 3 rings (SSSR count). The lowest BCUT2D eigenvalue weighted by Crippen LogP contribution is -2.66. The number of nitrogens with zero attached hydrogens (tertiary/aromatic N) is 1. The molecule has 12 heavy (non-hydrogen) atoms. The Kier molecular flexibility index (Phi) is 2.02. The second-order valence-corrected chi connectivity index (χ2v) is 3.67. The Hall–Kier alpha value is -0.610. The lowest BCUT2D eigenvalue weighted by molar-refractivity contribution is -0.112. The Morgan fingerprint density at radius 2 is 2.08 bits per heavy atom. The number of amides is 1. The number of hydrogen-bond donors (Lipinski definition) is 2. The van der Waals surface area contributed by atoms with E-state index in [2.05, 4.69) is 10.2 Å². The molecule has 3 aliphatic heterocycles. The van der Waals surface area contributed by atoms with Gasteiger partial charge in [-0.15, -0.1) is 0 Å². The molecule has 0 aliphatic carbocycles. The van der Waals surface area contributed by atoms with Crippen LogP contribution in [0.4, 0.5) is 0 Å². The molecule has 0 saturated carbocycles. The van der Waals surface area contributed by atoms with Crippen LogP contribution in [0.1, 0.15) is 12.8 Å². The molecule has 1 amide bonds. The fraction of sp³-hybridized carbons (Fsp3) is 0.875. The van der Waals surface area contributed by atoms with Gasteiger partial charge < -0.3 is 11.1 Å². The summed E-state index contributed by atoms with van der Waals surface area (Å²) in [6, 6.07) is 0.185. The molecule has 4 heteroatoms. The first-order valence-corrected chi connectivity index (χ1v) is 4.52. The number of rotatable bonds is 2. The van der Waals surface area contributed by atoms with Crippen LogP contribution in [-0.2, 0) is 4.79 Å². The summed E-state index contributed by atoms with van der Waals surface area (Å²) in [5, 5.41) is 2.82. The first-order valence-electron chi connectivity index (χ1n) is 4.52. The molecule has 2 bridgehead atoms. The SMILES string of the molecule is N[C@@H]1C(NC=O)C2CCN1CC2. The number of piperidine rings is 3. The van der Waals surface area contributed by atoms with Crippen molar-refractivity contribution in [1.82, 2.24) is 10.2 Å². The zero-order chi connectivity index (χ0) is 8.55. The second-order valence-electron chi connectivity index (χ2n) is 3.67. The highest BCUT2D eigenvalue weighted by atomic mass is 16.1. The van der Waals surface area contributed by atoms with Crippen molar-refractivity contribution in [2.45, 2.75) is 25.0 Å². The van der Waals surface area contributed by atoms with Gasteiger partial charge in [0.25, 0.3) is 0 Å². The van der Waals surface area contributed by atoms with Gasteiger partial charge in [-0.1, -0.05) is 0 Å². The summed E-state index contributed by atoms with van der Waals surface area (Å²) in [5.41, 5.74) is 5.95. The van der Waals surface area contributed by atoms with Crippen molar-refractivity contribution in [2.75, 3.05) is 13.1 Å². The number of carbonyl (C=O) groups excluding carboxylic acids is 1. The molecule has 0 aromatic heterocycles. The van der Waals surface area contributed by atoms with E-state index >= 15 is 0 Å². The summed E-state index contributed by atoms with van der Waals surface area (Å²) in [6.07, 6.45) is 3.17. The molecule has 2 atom stereocenters. The highest BCUT2D eigenvalue weighted by Gasteiger charge is 2.39. The normalized spacial score (nSPS) is 45.8. The molecule has 1 unspecified atom stereocenters. The molecule has 68 valence electrons. The zero-order valence-corrected chi connectivity index (χ0v) is 7.07. The van der Waals surface area contributed by atoms with Crippen LogP contribution in [0.15, 0.2) is 0 Å². The average molecular weight is 169 g/mol. The van der Waals surface area contributed by atoms with Gasteiger partial charge in [0.15, 0.2) is 0 Å². The van der Waals surface area contributed by atoms with E-state index in [-0.39, 0.29) is 12.2 Å². The van der Waals surface area contributed by atoms with Gasteiger partial charge in [-0.3, -0.25) is 9.69 Å². The maximum atomic E-state index is 10.3. The summed E-state index contributed by atoms with van der Waals surface area (Å²) >= 11 is 0. The maximum Gasteiger partial charge on any atom is 0.207 e. The molecule has 3 heterocycles. The molecule has 0 radical (unpaired) electrons. The van der Waals surface area contributed by atoms with E-state index in [1.54, 1.807) is 0 Å². The van der Waals surface area contributed by atoms with Crippen LogP contribution < -0.4 is 11.1 Å². The molecular formula is C8H15N3O. The van der Waals surface area contributed by atoms with Crippen LogP contribution in [0.3, 0.4) is 0 Å². The first kappa shape index (κ1) is 8.01. The lowest BCUT2D eigenvalue weighted by atomic mass is 9.82. The van der Waals surface area contributed by atoms with Gasteiger partial charge in [-0.2, -0.15) is 0 Å². The van der Waals surface area contributed by atoms with Crippen LogP contribution in [0.5, 0.6) is 0 Å². The highest BCUT2D eigenvalue weighted by Crippen LogP contribution is 2.29. The minimum absolute atomic E-state index is 0.0442. The summed E-state index contributed by atoms with van der Waals surface area (Å²) in [6.45, 7) is 2.20. The smallest absolute Gasteiger partial charge is 0.207 e. The number of nitrogens with two attached hydrogens (primary N) is 1. The molecular weight excluding hydrogens is 154 g/mol. The van der Waals surface area contributed by atoms with E-state index in [0.29, 0.717) is 5.92 Å². The largest absolute Gasteiger partial charge is 0.353 e. The van der Waals surface area contributed by atoms with Gasteiger partial charge in [0.1, 0.15) is 0 Å². The molecule has 3 saturated heterocycles. The van der Waals surface area contributed by atoms with Gasteiger partial charge in [-0.25, -0.2) is 0 Å². The number of fused-ring (bicyclic) bond motifs is 3. The Bertz CT molecular complexity index is 175. The van der Waals surface area contributed by atoms with E-state index in [1.807, 2.05) is 0 Å². The topological polar surface area (TPSA) is 58.4 Å². The van der Waals surface area contributed by atoms with E-state index in [0.717, 1.165) is 19.5 Å². The zero-order valence-electron chi connectivity index (χ0n) is 7.07. The van der Waals surface area contributed by atoms with Gasteiger partial charge >= 0.3 is 0 Å². The van der Waals surface area contributed by atoms with Crippen LogP contribution in [0, 0.1) is 5.92 Å². The predicted octanol–water partition coefficient (Wildman–Crippen LogP) is -0.889. The van der Waals surface area contributed by atoms with E-state index in [4.69, 9.17) is 5.73 Å². The van der Waals surface area contributed by atoms with E-state index in [1.165, 1.54) is 12.8 Å². The van der Waals surface area contributed by atoms with Gasteiger partial charge in [-0.05, 0) is 18.8 Å². The van der Waals surface area contributed by atoms with Crippen LogP contribution in [-0.4, -0.2) is 36.6 Å². The molecule has 0 spiro atoms. The molecule has 3 fully saturated rings. The lowest BCUT2D eigenvalue weighted by Gasteiger charge is -2.49. The average Bonchev–Trinajstić information content (AvgIpc) is 2.12. The number of hydrogen-bond acceptors (Lipinski definition) is 3. The predicted molar refractivity (Wildman–Crippen MR) is 45.3 cm³/mol.